The van der Waals surface area contributed by atoms with E-state index >= 15 is 0 Å². The van der Waals surface area contributed by atoms with Crippen LogP contribution in [0.1, 0.15) is 50.9 Å². The van der Waals surface area contributed by atoms with Crippen molar-refractivity contribution in [2.45, 2.75) is 52.2 Å². The molecule has 1 aromatic rings. The maximum absolute atomic E-state index is 13.4. The Balaban J connectivity index is 2.26. The fraction of sp³-hybridized carbons (Fsp3) is 0.625. The Kier molecular flexibility index (Phi) is 9.40. The molecule has 10 nitrogen and oxygen atoms in total. The number of hydrogen-bond donors (Lipinski definition) is 0. The molecule has 1 atom stereocenters. The van der Waals surface area contributed by atoms with E-state index < -0.39 is 17.7 Å². The third-order valence-electron chi connectivity index (χ3n) is 5.30. The number of piperazine rings is 1. The molecule has 0 aliphatic carbocycles. The quantitative estimate of drug-likeness (QED) is 0.523. The van der Waals surface area contributed by atoms with Crippen LogP contribution in [0.5, 0.6) is 17.2 Å². The number of carbonyl (C=O) groups is 3. The molecule has 0 saturated carbocycles. The van der Waals surface area contributed by atoms with Crippen molar-refractivity contribution in [1.29, 1.82) is 0 Å². The zero-order valence-electron chi connectivity index (χ0n) is 21.1. The second-order valence-corrected chi connectivity index (χ2v) is 8.84. The highest BCUT2D eigenvalue weighted by Crippen LogP contribution is 2.38. The molecule has 190 valence electrons. The van der Waals surface area contributed by atoms with E-state index in [1.165, 1.54) is 21.3 Å². The predicted molar refractivity (Wildman–Crippen MR) is 125 cm³/mol. The summed E-state index contributed by atoms with van der Waals surface area (Å²) >= 11 is 0. The molecule has 1 saturated heterocycles. The average molecular weight is 481 g/mol. The standard InChI is InChI=1S/C24H36N2O8/c1-8-33-20(27)10-9-17-15-25(11-12-26(17)23(29)34-24(2,3)4)22(28)16-13-18(30-5)21(32-7)19(14-16)31-6/h13-14,17H,8-12,15H2,1-7H3. The molecule has 10 heteroatoms. The topological polar surface area (TPSA) is 104 Å². The first kappa shape index (κ1) is 27.1. The van der Waals surface area contributed by atoms with Gasteiger partial charge in [0.2, 0.25) is 5.75 Å². The van der Waals surface area contributed by atoms with Crippen LogP contribution >= 0.6 is 0 Å². The molecule has 2 rings (SSSR count). The number of carbonyl (C=O) groups excluding carboxylic acids is 3. The number of benzene rings is 1. The van der Waals surface area contributed by atoms with Crippen molar-refractivity contribution >= 4 is 18.0 Å². The summed E-state index contributed by atoms with van der Waals surface area (Å²) < 4.78 is 26.6. The molecular weight excluding hydrogens is 444 g/mol. The molecule has 34 heavy (non-hydrogen) atoms. The number of ether oxygens (including phenoxy) is 5. The van der Waals surface area contributed by atoms with Gasteiger partial charge in [-0.05, 0) is 46.2 Å². The molecule has 1 heterocycles. The third-order valence-corrected chi connectivity index (χ3v) is 5.30. The van der Waals surface area contributed by atoms with Gasteiger partial charge in [-0.1, -0.05) is 0 Å². The molecule has 1 aliphatic heterocycles. The van der Waals surface area contributed by atoms with Gasteiger partial charge in [-0.15, -0.1) is 0 Å². The van der Waals surface area contributed by atoms with Gasteiger partial charge in [-0.2, -0.15) is 0 Å². The van der Waals surface area contributed by atoms with Crippen LogP contribution in [0.15, 0.2) is 12.1 Å². The van der Waals surface area contributed by atoms with Gasteiger partial charge in [-0.25, -0.2) is 4.79 Å². The minimum Gasteiger partial charge on any atom is -0.493 e. The van der Waals surface area contributed by atoms with Gasteiger partial charge in [-0.3, -0.25) is 9.59 Å². The zero-order chi connectivity index (χ0) is 25.5. The van der Waals surface area contributed by atoms with E-state index in [1.807, 2.05) is 0 Å². The lowest BCUT2D eigenvalue weighted by molar-refractivity contribution is -0.143. The highest BCUT2D eigenvalue weighted by molar-refractivity contribution is 5.96. The number of amides is 2. The van der Waals surface area contributed by atoms with Gasteiger partial charge < -0.3 is 33.5 Å². The first-order chi connectivity index (χ1) is 16.0. The number of nitrogens with zero attached hydrogens (tertiary/aromatic N) is 2. The summed E-state index contributed by atoms with van der Waals surface area (Å²) in [6.45, 7) is 8.24. The molecule has 0 radical (unpaired) electrons. The number of esters is 1. The minimum absolute atomic E-state index is 0.129. The Morgan fingerprint density at radius 2 is 1.62 bits per heavy atom. The lowest BCUT2D eigenvalue weighted by atomic mass is 10.0. The van der Waals surface area contributed by atoms with Gasteiger partial charge >= 0.3 is 12.1 Å². The van der Waals surface area contributed by atoms with E-state index in [0.717, 1.165) is 0 Å². The van der Waals surface area contributed by atoms with Crippen LogP contribution in [0.4, 0.5) is 4.79 Å². The molecule has 0 N–H and O–H groups in total. The lowest BCUT2D eigenvalue weighted by Gasteiger charge is -2.41. The number of methoxy groups -OCH3 is 3. The van der Waals surface area contributed by atoms with Crippen molar-refractivity contribution in [3.63, 3.8) is 0 Å². The maximum Gasteiger partial charge on any atom is 0.410 e. The zero-order valence-corrected chi connectivity index (χ0v) is 21.1. The summed E-state index contributed by atoms with van der Waals surface area (Å²) in [7, 11) is 4.46. The Morgan fingerprint density at radius 1 is 1.00 bits per heavy atom. The van der Waals surface area contributed by atoms with Crippen LogP contribution in [-0.2, 0) is 14.3 Å². The summed E-state index contributed by atoms with van der Waals surface area (Å²) in [5.74, 6) is 0.542. The van der Waals surface area contributed by atoms with Gasteiger partial charge in [0.15, 0.2) is 11.5 Å². The second kappa shape index (κ2) is 11.8. The highest BCUT2D eigenvalue weighted by Gasteiger charge is 2.36. The Bertz CT molecular complexity index is 855. The highest BCUT2D eigenvalue weighted by atomic mass is 16.6. The smallest absolute Gasteiger partial charge is 0.410 e. The Hall–Kier alpha value is -3.17. The number of rotatable bonds is 8. The minimum atomic E-state index is -0.661. The van der Waals surface area contributed by atoms with Crippen molar-refractivity contribution in [2.75, 3.05) is 47.6 Å². The summed E-state index contributed by atoms with van der Waals surface area (Å²) in [4.78, 5) is 41.4. The van der Waals surface area contributed by atoms with Crippen LogP contribution in [0.25, 0.3) is 0 Å². The van der Waals surface area contributed by atoms with Gasteiger partial charge in [0.1, 0.15) is 5.60 Å². The van der Waals surface area contributed by atoms with E-state index in [4.69, 9.17) is 23.7 Å². The molecule has 1 aliphatic rings. The Labute approximate surface area is 201 Å². The summed E-state index contributed by atoms with van der Waals surface area (Å²) in [5.41, 5.74) is -0.296. The van der Waals surface area contributed by atoms with Gasteiger partial charge in [0.05, 0.1) is 34.0 Å². The molecule has 1 unspecified atom stereocenters. The molecule has 1 fully saturated rings. The fourth-order valence-corrected chi connectivity index (χ4v) is 3.75. The molecule has 2 amide bonds. The van der Waals surface area contributed by atoms with Crippen molar-refractivity contribution in [3.8, 4) is 17.2 Å². The van der Waals surface area contributed by atoms with Crippen LogP contribution in [0.3, 0.4) is 0 Å². The van der Waals surface area contributed by atoms with Crippen molar-refractivity contribution in [1.82, 2.24) is 9.80 Å². The van der Waals surface area contributed by atoms with Gasteiger partial charge in [0, 0.05) is 31.6 Å². The van der Waals surface area contributed by atoms with E-state index in [1.54, 1.807) is 49.6 Å². The van der Waals surface area contributed by atoms with Crippen LogP contribution < -0.4 is 14.2 Å². The largest absolute Gasteiger partial charge is 0.493 e. The van der Waals surface area contributed by atoms with E-state index in [9.17, 15) is 14.4 Å². The maximum atomic E-state index is 13.4. The van der Waals surface area contributed by atoms with E-state index in [-0.39, 0.29) is 38.0 Å². The number of hydrogen-bond acceptors (Lipinski definition) is 8. The van der Waals surface area contributed by atoms with E-state index in [0.29, 0.717) is 35.8 Å². The molecule has 0 spiro atoms. The van der Waals surface area contributed by atoms with Gasteiger partial charge in [0.25, 0.3) is 5.91 Å². The summed E-state index contributed by atoms with van der Waals surface area (Å²) in [6, 6.07) is 2.79. The lowest BCUT2D eigenvalue weighted by Crippen LogP contribution is -2.57. The average Bonchev–Trinajstić information content (AvgIpc) is 2.80. The normalized spacial score (nSPS) is 16.0. The predicted octanol–water partition coefficient (Wildman–Crippen LogP) is 3.12. The third kappa shape index (κ3) is 6.91. The van der Waals surface area contributed by atoms with Crippen molar-refractivity contribution in [2.24, 2.45) is 0 Å². The molecule has 1 aromatic carbocycles. The molecule has 0 bridgehead atoms. The first-order valence-electron chi connectivity index (χ1n) is 11.3. The van der Waals surface area contributed by atoms with E-state index in [2.05, 4.69) is 0 Å². The fourth-order valence-electron chi connectivity index (χ4n) is 3.75. The second-order valence-electron chi connectivity index (χ2n) is 8.84. The summed E-state index contributed by atoms with van der Waals surface area (Å²) in [5, 5.41) is 0. The monoisotopic (exact) mass is 480 g/mol. The van der Waals surface area contributed by atoms with Crippen LogP contribution in [0.2, 0.25) is 0 Å². The van der Waals surface area contributed by atoms with Crippen LogP contribution in [-0.4, -0.2) is 87.0 Å². The summed E-state index contributed by atoms with van der Waals surface area (Å²) in [6.07, 6.45) is 0.00227. The molecular formula is C24H36N2O8. The first-order valence-corrected chi connectivity index (χ1v) is 11.3. The van der Waals surface area contributed by atoms with Crippen LogP contribution in [0, 0.1) is 0 Å². The molecule has 0 aromatic heterocycles. The SMILES string of the molecule is CCOC(=O)CCC1CN(C(=O)c2cc(OC)c(OC)c(OC)c2)CCN1C(=O)OC(C)(C)C. The van der Waals surface area contributed by atoms with Crippen molar-refractivity contribution in [3.05, 3.63) is 17.7 Å². The Morgan fingerprint density at radius 3 is 2.12 bits per heavy atom. The van der Waals surface area contributed by atoms with Crippen molar-refractivity contribution < 1.29 is 38.1 Å².